The molecule has 0 fully saturated rings. The van der Waals surface area contributed by atoms with E-state index < -0.39 is 0 Å². The van der Waals surface area contributed by atoms with Crippen molar-refractivity contribution in [3.8, 4) is 6.07 Å². The fourth-order valence-electron chi connectivity index (χ4n) is 1.48. The second-order valence-electron chi connectivity index (χ2n) is 3.43. The molecule has 2 nitrogen and oxygen atoms in total. The third kappa shape index (κ3) is 2.42. The van der Waals surface area contributed by atoms with Gasteiger partial charge in [0.2, 0.25) is 0 Å². The van der Waals surface area contributed by atoms with E-state index in [1.54, 1.807) is 0 Å². The van der Waals surface area contributed by atoms with Crippen LogP contribution in [0.3, 0.4) is 0 Å². The Morgan fingerprint density at radius 1 is 1.47 bits per heavy atom. The van der Waals surface area contributed by atoms with Crippen LogP contribution >= 0.6 is 34.3 Å². The molecule has 0 aliphatic rings. The van der Waals surface area contributed by atoms with Gasteiger partial charge in [-0.1, -0.05) is 17.7 Å². The molecule has 0 atom stereocenters. The second kappa shape index (κ2) is 5.01. The lowest BCUT2D eigenvalue weighted by Crippen LogP contribution is -1.83. The van der Waals surface area contributed by atoms with Crippen molar-refractivity contribution in [2.75, 3.05) is 0 Å². The number of nitriles is 1. The maximum absolute atomic E-state index is 9.23. The van der Waals surface area contributed by atoms with Gasteiger partial charge in [-0.3, -0.25) is 0 Å². The van der Waals surface area contributed by atoms with Crippen molar-refractivity contribution in [2.24, 2.45) is 0 Å². The third-order valence-corrected chi connectivity index (χ3v) is 4.67. The first kappa shape index (κ1) is 12.3. The average Bonchev–Trinajstić information content (AvgIpc) is 2.89. The molecule has 5 heteroatoms. The summed E-state index contributed by atoms with van der Waals surface area (Å²) in [6, 6.07) is 5.98. The normalized spacial score (nSPS) is 12.1. The number of aryl methyl sites for hydroxylation is 2. The molecule has 86 valence electrons. The molecule has 2 aromatic rings. The van der Waals surface area contributed by atoms with Crippen molar-refractivity contribution in [3.05, 3.63) is 38.0 Å². The Kier molecular flexibility index (Phi) is 3.63. The fourth-order valence-corrected chi connectivity index (χ4v) is 3.52. The van der Waals surface area contributed by atoms with Crippen molar-refractivity contribution < 1.29 is 0 Å². The van der Waals surface area contributed by atoms with Crippen LogP contribution in [-0.2, 0) is 0 Å². The molecule has 0 aliphatic heterocycles. The zero-order chi connectivity index (χ0) is 12.4. The van der Waals surface area contributed by atoms with Gasteiger partial charge >= 0.3 is 0 Å². The third-order valence-electron chi connectivity index (χ3n) is 2.20. The van der Waals surface area contributed by atoms with Gasteiger partial charge < -0.3 is 0 Å². The Labute approximate surface area is 113 Å². The van der Waals surface area contributed by atoms with E-state index in [0.29, 0.717) is 10.6 Å². The van der Waals surface area contributed by atoms with E-state index in [1.165, 1.54) is 22.7 Å². The molecule has 0 aromatic carbocycles. The summed E-state index contributed by atoms with van der Waals surface area (Å²) in [6.07, 6.45) is 0. The zero-order valence-corrected chi connectivity index (χ0v) is 11.7. The molecule has 0 saturated heterocycles. The highest BCUT2D eigenvalue weighted by molar-refractivity contribution is 7.14. The minimum absolute atomic E-state index is 0.498. The standard InChI is InChI=1S/C12H9ClN2S2/c1-7-12(17-8(2)15-7)11(13)9(6-14)10-4-3-5-16-10/h3-5H,1-2H3/b11-9+. The van der Waals surface area contributed by atoms with Crippen LogP contribution in [0.4, 0.5) is 0 Å². The van der Waals surface area contributed by atoms with Gasteiger partial charge in [0.1, 0.15) is 6.07 Å². The minimum Gasteiger partial charge on any atom is -0.246 e. The van der Waals surface area contributed by atoms with Crippen molar-refractivity contribution in [2.45, 2.75) is 13.8 Å². The number of thiazole rings is 1. The Hall–Kier alpha value is -1.15. The Bertz CT molecular complexity index is 603. The molecule has 0 saturated carbocycles. The van der Waals surface area contributed by atoms with Gasteiger partial charge in [-0.25, -0.2) is 4.98 Å². The number of allylic oxidation sites excluding steroid dienone is 1. The van der Waals surface area contributed by atoms with E-state index >= 15 is 0 Å². The summed E-state index contributed by atoms with van der Waals surface area (Å²) in [6.45, 7) is 3.84. The highest BCUT2D eigenvalue weighted by Gasteiger charge is 2.15. The summed E-state index contributed by atoms with van der Waals surface area (Å²) < 4.78 is 0. The first-order valence-electron chi connectivity index (χ1n) is 4.91. The van der Waals surface area contributed by atoms with Crippen LogP contribution in [0.5, 0.6) is 0 Å². The quantitative estimate of drug-likeness (QED) is 0.762. The van der Waals surface area contributed by atoms with Gasteiger partial charge in [-0.15, -0.1) is 22.7 Å². The molecule has 2 heterocycles. The van der Waals surface area contributed by atoms with Crippen LogP contribution in [0.25, 0.3) is 10.6 Å². The SMILES string of the molecule is Cc1nc(C)c(/C(Cl)=C(/C#N)c2cccs2)s1. The van der Waals surface area contributed by atoms with E-state index in [0.717, 1.165) is 20.5 Å². The van der Waals surface area contributed by atoms with Gasteiger partial charge in [0, 0.05) is 4.88 Å². The summed E-state index contributed by atoms with van der Waals surface area (Å²) in [7, 11) is 0. The number of aromatic nitrogens is 1. The molecule has 0 unspecified atom stereocenters. The van der Waals surface area contributed by atoms with Crippen LogP contribution in [0.2, 0.25) is 0 Å². The maximum Gasteiger partial charge on any atom is 0.102 e. The van der Waals surface area contributed by atoms with Gasteiger partial charge in [-0.05, 0) is 25.3 Å². The molecular weight excluding hydrogens is 272 g/mol. The molecule has 0 amide bonds. The summed E-state index contributed by atoms with van der Waals surface area (Å²) in [4.78, 5) is 6.10. The average molecular weight is 281 g/mol. The van der Waals surface area contributed by atoms with Crippen LogP contribution in [-0.4, -0.2) is 4.98 Å². The van der Waals surface area contributed by atoms with E-state index in [-0.39, 0.29) is 0 Å². The Morgan fingerprint density at radius 3 is 2.71 bits per heavy atom. The fraction of sp³-hybridized carbons (Fsp3) is 0.167. The predicted octanol–water partition coefficient (Wildman–Crippen LogP) is 4.45. The van der Waals surface area contributed by atoms with Crippen molar-refractivity contribution in [1.82, 2.24) is 4.98 Å². The summed E-state index contributed by atoms with van der Waals surface area (Å²) in [5.41, 5.74) is 1.40. The van der Waals surface area contributed by atoms with E-state index in [2.05, 4.69) is 11.1 Å². The number of halogens is 1. The molecule has 2 rings (SSSR count). The van der Waals surface area contributed by atoms with E-state index in [1.807, 2.05) is 31.4 Å². The molecule has 0 bridgehead atoms. The van der Waals surface area contributed by atoms with Gasteiger partial charge in [0.25, 0.3) is 0 Å². The topological polar surface area (TPSA) is 36.7 Å². The minimum atomic E-state index is 0.498. The van der Waals surface area contributed by atoms with Crippen LogP contribution < -0.4 is 0 Å². The van der Waals surface area contributed by atoms with Crippen LogP contribution in [0.15, 0.2) is 17.5 Å². The summed E-state index contributed by atoms with van der Waals surface area (Å²) in [5.74, 6) is 0. The first-order valence-corrected chi connectivity index (χ1v) is 6.99. The van der Waals surface area contributed by atoms with E-state index in [4.69, 9.17) is 11.6 Å². The highest BCUT2D eigenvalue weighted by atomic mass is 35.5. The maximum atomic E-state index is 9.23. The molecular formula is C12H9ClN2S2. The van der Waals surface area contributed by atoms with Crippen LogP contribution in [0, 0.1) is 25.2 Å². The number of nitrogens with zero attached hydrogens (tertiary/aromatic N) is 2. The van der Waals surface area contributed by atoms with Gasteiger partial charge in [0.15, 0.2) is 0 Å². The van der Waals surface area contributed by atoms with Gasteiger partial charge in [-0.2, -0.15) is 5.26 Å². The van der Waals surface area contributed by atoms with Gasteiger partial charge in [0.05, 0.1) is 26.2 Å². The number of hydrogen-bond acceptors (Lipinski definition) is 4. The summed E-state index contributed by atoms with van der Waals surface area (Å²) >= 11 is 9.34. The van der Waals surface area contributed by atoms with E-state index in [9.17, 15) is 5.26 Å². The summed E-state index contributed by atoms with van der Waals surface area (Å²) in [5, 5.41) is 12.6. The Balaban J connectivity index is 2.58. The lowest BCUT2D eigenvalue weighted by Gasteiger charge is -1.99. The first-order chi connectivity index (χ1) is 8.13. The number of hydrogen-bond donors (Lipinski definition) is 0. The van der Waals surface area contributed by atoms with Crippen molar-refractivity contribution >= 4 is 44.9 Å². The molecule has 2 aromatic heterocycles. The largest absolute Gasteiger partial charge is 0.246 e. The van der Waals surface area contributed by atoms with Crippen molar-refractivity contribution in [1.29, 1.82) is 5.26 Å². The molecule has 0 aliphatic carbocycles. The molecule has 0 N–H and O–H groups in total. The predicted molar refractivity (Wildman–Crippen MR) is 74.2 cm³/mol. The highest BCUT2D eigenvalue weighted by Crippen LogP contribution is 2.35. The Morgan fingerprint density at radius 2 is 2.24 bits per heavy atom. The zero-order valence-electron chi connectivity index (χ0n) is 9.32. The molecule has 0 radical (unpaired) electrons. The molecule has 17 heavy (non-hydrogen) atoms. The molecule has 0 spiro atoms. The van der Waals surface area contributed by atoms with Crippen LogP contribution in [0.1, 0.15) is 20.5 Å². The smallest absolute Gasteiger partial charge is 0.102 e. The monoisotopic (exact) mass is 280 g/mol. The lowest BCUT2D eigenvalue weighted by atomic mass is 10.2. The second-order valence-corrected chi connectivity index (χ2v) is 5.95. The lowest BCUT2D eigenvalue weighted by molar-refractivity contribution is 1.20. The van der Waals surface area contributed by atoms with Crippen molar-refractivity contribution in [3.63, 3.8) is 0 Å². The number of thiophene rings is 1. The number of rotatable bonds is 2.